The molecule has 1 rings (SSSR count). The van der Waals surface area contributed by atoms with E-state index >= 15 is 0 Å². The van der Waals surface area contributed by atoms with E-state index in [1.165, 1.54) is 6.20 Å². The zero-order valence-corrected chi connectivity index (χ0v) is 3.87. The van der Waals surface area contributed by atoms with Gasteiger partial charge in [-0.15, -0.1) is 5.10 Å². The summed E-state index contributed by atoms with van der Waals surface area (Å²) < 4.78 is 0. The van der Waals surface area contributed by atoms with Crippen LogP contribution >= 0.6 is 0 Å². The molecule has 0 aliphatic carbocycles. The highest BCUT2D eigenvalue weighted by atomic mass is 16.5. The lowest BCUT2D eigenvalue weighted by Crippen LogP contribution is -1.93. The van der Waals surface area contributed by atoms with Gasteiger partial charge in [0.2, 0.25) is 0 Å². The third-order valence-electron chi connectivity index (χ3n) is 0.696. The van der Waals surface area contributed by atoms with Gasteiger partial charge in [0, 0.05) is 0 Å². The van der Waals surface area contributed by atoms with Gasteiger partial charge in [0.25, 0.3) is 0 Å². The zero-order valence-electron chi connectivity index (χ0n) is 3.87. The van der Waals surface area contributed by atoms with Crippen LogP contribution in [0, 0.1) is 6.92 Å². The lowest BCUT2D eigenvalue weighted by molar-refractivity contribution is 0.137. The first kappa shape index (κ1) is 4.11. The minimum absolute atomic E-state index is 0.639. The maximum absolute atomic E-state index is 8.50. The SMILES string of the molecule is Cc1cnnn1O. The van der Waals surface area contributed by atoms with Crippen LogP contribution in [0.3, 0.4) is 0 Å². The van der Waals surface area contributed by atoms with Crippen molar-refractivity contribution in [2.24, 2.45) is 0 Å². The van der Waals surface area contributed by atoms with Gasteiger partial charge < -0.3 is 5.21 Å². The van der Waals surface area contributed by atoms with Crippen molar-refractivity contribution in [3.8, 4) is 0 Å². The van der Waals surface area contributed by atoms with E-state index in [0.29, 0.717) is 5.69 Å². The Morgan fingerprint density at radius 2 is 2.57 bits per heavy atom. The van der Waals surface area contributed by atoms with Gasteiger partial charge in [0.05, 0.1) is 11.9 Å². The second-order valence-electron chi connectivity index (χ2n) is 1.26. The summed E-state index contributed by atoms with van der Waals surface area (Å²) in [5.41, 5.74) is 0.639. The summed E-state index contributed by atoms with van der Waals surface area (Å²) >= 11 is 0. The zero-order chi connectivity index (χ0) is 5.28. The average Bonchev–Trinajstić information content (AvgIpc) is 1.91. The Morgan fingerprint density at radius 3 is 2.71 bits per heavy atom. The Labute approximate surface area is 40.3 Å². The maximum Gasteiger partial charge on any atom is 0.0971 e. The lowest BCUT2D eigenvalue weighted by Gasteiger charge is -1.83. The molecule has 7 heavy (non-hydrogen) atoms. The molecule has 38 valence electrons. The molecule has 0 unspecified atom stereocenters. The van der Waals surface area contributed by atoms with E-state index in [2.05, 4.69) is 10.3 Å². The Balaban J connectivity index is 3.12. The number of aromatic nitrogens is 3. The van der Waals surface area contributed by atoms with Crippen LogP contribution in [0.15, 0.2) is 6.20 Å². The van der Waals surface area contributed by atoms with E-state index in [1.54, 1.807) is 6.92 Å². The van der Waals surface area contributed by atoms with Gasteiger partial charge in [0.1, 0.15) is 0 Å². The first-order valence-corrected chi connectivity index (χ1v) is 1.87. The molecule has 1 aromatic heterocycles. The fourth-order valence-corrected chi connectivity index (χ4v) is 0.280. The number of aryl methyl sites for hydroxylation is 1. The molecule has 0 aliphatic heterocycles. The second-order valence-corrected chi connectivity index (χ2v) is 1.26. The van der Waals surface area contributed by atoms with Crippen molar-refractivity contribution in [1.29, 1.82) is 0 Å². The van der Waals surface area contributed by atoms with Crippen molar-refractivity contribution < 1.29 is 5.21 Å². The van der Waals surface area contributed by atoms with Crippen LogP contribution in [-0.4, -0.2) is 20.4 Å². The Kier molecular flexibility index (Phi) is 0.714. The minimum atomic E-state index is 0.639. The van der Waals surface area contributed by atoms with Crippen LogP contribution < -0.4 is 0 Å². The van der Waals surface area contributed by atoms with Gasteiger partial charge >= 0.3 is 0 Å². The summed E-state index contributed by atoms with van der Waals surface area (Å²) in [7, 11) is 0. The summed E-state index contributed by atoms with van der Waals surface area (Å²) in [5.74, 6) is 0. The van der Waals surface area contributed by atoms with Gasteiger partial charge in [-0.2, -0.15) is 0 Å². The topological polar surface area (TPSA) is 50.9 Å². The molecule has 0 aliphatic rings. The van der Waals surface area contributed by atoms with Crippen LogP contribution in [0.2, 0.25) is 0 Å². The van der Waals surface area contributed by atoms with Gasteiger partial charge in [-0.25, -0.2) is 0 Å². The van der Waals surface area contributed by atoms with E-state index < -0.39 is 0 Å². The molecular formula is C3H5N3O. The highest BCUT2D eigenvalue weighted by molar-refractivity contribution is 4.84. The normalized spacial score (nSPS) is 9.29. The van der Waals surface area contributed by atoms with Crippen molar-refractivity contribution in [3.63, 3.8) is 0 Å². The summed E-state index contributed by atoms with van der Waals surface area (Å²) in [6, 6.07) is 0. The summed E-state index contributed by atoms with van der Waals surface area (Å²) in [6.07, 6.45) is 1.47. The van der Waals surface area contributed by atoms with E-state index in [9.17, 15) is 0 Å². The molecular weight excluding hydrogens is 94.1 g/mol. The van der Waals surface area contributed by atoms with Crippen molar-refractivity contribution in [2.75, 3.05) is 0 Å². The molecule has 4 nitrogen and oxygen atoms in total. The Hall–Kier alpha value is -1.06. The third-order valence-corrected chi connectivity index (χ3v) is 0.696. The molecule has 0 amide bonds. The van der Waals surface area contributed by atoms with Crippen LogP contribution in [0.5, 0.6) is 0 Å². The quantitative estimate of drug-likeness (QED) is 0.459. The summed E-state index contributed by atoms with van der Waals surface area (Å²) in [4.78, 5) is 0.722. The van der Waals surface area contributed by atoms with Crippen LogP contribution in [0.25, 0.3) is 0 Å². The average molecular weight is 99.1 g/mol. The van der Waals surface area contributed by atoms with Gasteiger partial charge in [-0.3, -0.25) is 0 Å². The number of nitrogens with zero attached hydrogens (tertiary/aromatic N) is 3. The predicted octanol–water partition coefficient (Wildman–Crippen LogP) is -0.176. The molecule has 0 saturated heterocycles. The maximum atomic E-state index is 8.50. The van der Waals surface area contributed by atoms with Crippen LogP contribution in [0.1, 0.15) is 5.69 Å². The van der Waals surface area contributed by atoms with E-state index in [4.69, 9.17) is 5.21 Å². The lowest BCUT2D eigenvalue weighted by atomic mass is 10.6. The van der Waals surface area contributed by atoms with Gasteiger partial charge in [0.15, 0.2) is 0 Å². The first-order chi connectivity index (χ1) is 3.30. The first-order valence-electron chi connectivity index (χ1n) is 1.87. The van der Waals surface area contributed by atoms with E-state index in [-0.39, 0.29) is 0 Å². The molecule has 0 bridgehead atoms. The molecule has 0 aromatic carbocycles. The van der Waals surface area contributed by atoms with Crippen molar-refractivity contribution in [1.82, 2.24) is 15.2 Å². The predicted molar refractivity (Wildman–Crippen MR) is 21.9 cm³/mol. The molecule has 0 spiro atoms. The minimum Gasteiger partial charge on any atom is -0.410 e. The molecule has 4 heteroatoms. The second kappa shape index (κ2) is 1.22. The van der Waals surface area contributed by atoms with Crippen LogP contribution in [0.4, 0.5) is 0 Å². The fraction of sp³-hybridized carbons (Fsp3) is 0.333. The molecule has 1 N–H and O–H groups in total. The summed E-state index contributed by atoms with van der Waals surface area (Å²) in [6.45, 7) is 1.71. The van der Waals surface area contributed by atoms with Gasteiger partial charge in [-0.1, -0.05) is 4.85 Å². The smallest absolute Gasteiger partial charge is 0.0971 e. The van der Waals surface area contributed by atoms with Crippen molar-refractivity contribution in [3.05, 3.63) is 11.9 Å². The van der Waals surface area contributed by atoms with Crippen LogP contribution in [-0.2, 0) is 0 Å². The molecule has 1 aromatic rings. The molecule has 0 saturated carbocycles. The number of rotatable bonds is 0. The molecule has 1 heterocycles. The van der Waals surface area contributed by atoms with E-state index in [1.807, 2.05) is 0 Å². The number of hydrogen-bond acceptors (Lipinski definition) is 3. The standard InChI is InChI=1S/C3H5N3O/c1-3-2-4-5-6(3)7/h2,7H,1H3. The largest absolute Gasteiger partial charge is 0.410 e. The fourth-order valence-electron chi connectivity index (χ4n) is 0.280. The Bertz CT molecular complexity index is 142. The van der Waals surface area contributed by atoms with E-state index in [0.717, 1.165) is 4.85 Å². The molecule has 0 atom stereocenters. The van der Waals surface area contributed by atoms with Crippen molar-refractivity contribution in [2.45, 2.75) is 6.92 Å². The van der Waals surface area contributed by atoms with Gasteiger partial charge in [-0.05, 0) is 12.1 Å². The monoisotopic (exact) mass is 99.0 g/mol. The Morgan fingerprint density at radius 1 is 1.86 bits per heavy atom. The molecule has 0 radical (unpaired) electrons. The van der Waals surface area contributed by atoms with Crippen molar-refractivity contribution >= 4 is 0 Å². The molecule has 0 fully saturated rings. The highest BCUT2D eigenvalue weighted by Gasteiger charge is 1.88. The highest BCUT2D eigenvalue weighted by Crippen LogP contribution is 1.84. The number of hydrogen-bond donors (Lipinski definition) is 1. The summed E-state index contributed by atoms with van der Waals surface area (Å²) in [5, 5.41) is 15.1. The third kappa shape index (κ3) is 0.534.